The summed E-state index contributed by atoms with van der Waals surface area (Å²) in [7, 11) is 0. The summed E-state index contributed by atoms with van der Waals surface area (Å²) >= 11 is 0. The first kappa shape index (κ1) is 6.53. The quantitative estimate of drug-likeness (QED) is 0.507. The Balaban J connectivity index is 2.59. The Bertz CT molecular complexity index is 145. The average Bonchev–Trinajstić information content (AvgIpc) is 1.89. The lowest BCUT2D eigenvalue weighted by Crippen LogP contribution is -2.03. The lowest BCUT2D eigenvalue weighted by Gasteiger charge is -2.14. The minimum absolute atomic E-state index is 0.766. The van der Waals surface area contributed by atoms with Crippen molar-refractivity contribution in [2.24, 2.45) is 10.9 Å². The molecular weight excluding hydrogens is 110 g/mol. The maximum absolute atomic E-state index is 4.07. The number of nitrogens with zero attached hydrogens (tertiary/aromatic N) is 1. The van der Waals surface area contributed by atoms with Gasteiger partial charge in [-0.2, -0.15) is 0 Å². The van der Waals surface area contributed by atoms with E-state index in [1.165, 1.54) is 12.0 Å². The van der Waals surface area contributed by atoms with Crippen molar-refractivity contribution in [1.82, 2.24) is 0 Å². The van der Waals surface area contributed by atoms with E-state index >= 15 is 0 Å². The van der Waals surface area contributed by atoms with E-state index in [2.05, 4.69) is 18.8 Å². The van der Waals surface area contributed by atoms with Gasteiger partial charge in [-0.1, -0.05) is 12.5 Å². The average molecular weight is 123 g/mol. The zero-order valence-corrected chi connectivity index (χ0v) is 6.09. The van der Waals surface area contributed by atoms with Crippen molar-refractivity contribution in [3.05, 3.63) is 11.8 Å². The Kier molecular flexibility index (Phi) is 2.04. The zero-order chi connectivity index (χ0) is 6.69. The molecule has 0 fully saturated rings. The Labute approximate surface area is 56.5 Å². The van der Waals surface area contributed by atoms with Crippen LogP contribution in [0.15, 0.2) is 16.8 Å². The van der Waals surface area contributed by atoms with Crippen molar-refractivity contribution in [2.75, 3.05) is 0 Å². The second-order valence-corrected chi connectivity index (χ2v) is 2.55. The van der Waals surface area contributed by atoms with Crippen LogP contribution in [0.4, 0.5) is 0 Å². The lowest BCUT2D eigenvalue weighted by atomic mass is 9.94. The van der Waals surface area contributed by atoms with Crippen LogP contribution in [0.1, 0.15) is 26.7 Å². The fourth-order valence-electron chi connectivity index (χ4n) is 1.14. The molecule has 0 aromatic rings. The molecule has 0 bridgehead atoms. The lowest BCUT2D eigenvalue weighted by molar-refractivity contribution is 0.612. The number of hydrogen-bond acceptors (Lipinski definition) is 1. The van der Waals surface area contributed by atoms with E-state index in [1.54, 1.807) is 0 Å². The Hall–Kier alpha value is -0.590. The van der Waals surface area contributed by atoms with E-state index in [-0.39, 0.29) is 0 Å². The van der Waals surface area contributed by atoms with E-state index < -0.39 is 0 Å². The maximum atomic E-state index is 4.07. The molecule has 1 unspecified atom stereocenters. The first-order valence-electron chi connectivity index (χ1n) is 3.53. The van der Waals surface area contributed by atoms with Crippen LogP contribution in [0.5, 0.6) is 0 Å². The molecule has 0 aromatic heterocycles. The summed E-state index contributed by atoms with van der Waals surface area (Å²) in [5.41, 5.74) is 1.43. The predicted molar refractivity (Wildman–Crippen MR) is 40.6 cm³/mol. The van der Waals surface area contributed by atoms with Crippen LogP contribution >= 0.6 is 0 Å². The third-order valence-corrected chi connectivity index (χ3v) is 1.91. The topological polar surface area (TPSA) is 12.4 Å². The van der Waals surface area contributed by atoms with Crippen LogP contribution in [-0.4, -0.2) is 6.21 Å². The van der Waals surface area contributed by atoms with Crippen molar-refractivity contribution in [3.63, 3.8) is 0 Å². The molecule has 50 valence electrons. The van der Waals surface area contributed by atoms with Gasteiger partial charge in [-0.3, -0.25) is 4.99 Å². The fraction of sp³-hybridized carbons (Fsp3) is 0.625. The largest absolute Gasteiger partial charge is 0.269 e. The molecule has 0 spiro atoms. The molecule has 0 N–H and O–H groups in total. The van der Waals surface area contributed by atoms with Gasteiger partial charge in [0.15, 0.2) is 0 Å². The predicted octanol–water partition coefficient (Wildman–Crippen LogP) is 2.39. The van der Waals surface area contributed by atoms with Gasteiger partial charge < -0.3 is 0 Å². The van der Waals surface area contributed by atoms with E-state index in [9.17, 15) is 0 Å². The standard InChI is InChI=1S/C8H13N/c1-3-8-4-5-9-6-7(8)2/h5-6,8H,3-4H2,1-2H3. The second-order valence-electron chi connectivity index (χ2n) is 2.55. The minimum Gasteiger partial charge on any atom is -0.269 e. The van der Waals surface area contributed by atoms with Crippen LogP contribution < -0.4 is 0 Å². The van der Waals surface area contributed by atoms with Gasteiger partial charge in [-0.15, -0.1) is 0 Å². The third kappa shape index (κ3) is 1.41. The van der Waals surface area contributed by atoms with Crippen LogP contribution in [-0.2, 0) is 0 Å². The highest BCUT2D eigenvalue weighted by atomic mass is 14.7. The summed E-state index contributed by atoms with van der Waals surface area (Å²) in [5, 5.41) is 0. The van der Waals surface area contributed by atoms with Crippen LogP contribution in [0.3, 0.4) is 0 Å². The maximum Gasteiger partial charge on any atom is 0.0255 e. The van der Waals surface area contributed by atoms with E-state index in [4.69, 9.17) is 0 Å². The smallest absolute Gasteiger partial charge is 0.0255 e. The molecule has 1 heterocycles. The normalized spacial score (nSPS) is 26.0. The summed E-state index contributed by atoms with van der Waals surface area (Å²) in [6, 6.07) is 0. The summed E-state index contributed by atoms with van der Waals surface area (Å²) in [6.07, 6.45) is 6.35. The molecule has 1 rings (SSSR count). The summed E-state index contributed by atoms with van der Waals surface area (Å²) in [5.74, 6) is 0.766. The number of aliphatic imine (C=N–C) groups is 1. The van der Waals surface area contributed by atoms with Gasteiger partial charge in [0.1, 0.15) is 0 Å². The highest BCUT2D eigenvalue weighted by molar-refractivity contribution is 5.60. The van der Waals surface area contributed by atoms with Crippen molar-refractivity contribution in [1.29, 1.82) is 0 Å². The SMILES string of the molecule is CCC1CC=NC=C1C. The molecule has 0 aliphatic carbocycles. The minimum atomic E-state index is 0.766. The van der Waals surface area contributed by atoms with Crippen molar-refractivity contribution >= 4 is 6.21 Å². The van der Waals surface area contributed by atoms with Crippen LogP contribution in [0.2, 0.25) is 0 Å². The molecule has 0 aromatic carbocycles. The molecule has 9 heavy (non-hydrogen) atoms. The molecule has 0 radical (unpaired) electrons. The van der Waals surface area contributed by atoms with Gasteiger partial charge in [0.2, 0.25) is 0 Å². The molecule has 1 aliphatic rings. The van der Waals surface area contributed by atoms with Gasteiger partial charge in [0.05, 0.1) is 0 Å². The van der Waals surface area contributed by atoms with Crippen molar-refractivity contribution in [3.8, 4) is 0 Å². The first-order chi connectivity index (χ1) is 4.34. The molecule has 1 aliphatic heterocycles. The van der Waals surface area contributed by atoms with Gasteiger partial charge in [0.25, 0.3) is 0 Å². The fourth-order valence-corrected chi connectivity index (χ4v) is 1.14. The number of rotatable bonds is 1. The van der Waals surface area contributed by atoms with Gasteiger partial charge in [0, 0.05) is 12.4 Å². The third-order valence-electron chi connectivity index (χ3n) is 1.91. The van der Waals surface area contributed by atoms with E-state index in [0.29, 0.717) is 0 Å². The van der Waals surface area contributed by atoms with Gasteiger partial charge >= 0.3 is 0 Å². The molecule has 0 saturated carbocycles. The highest BCUT2D eigenvalue weighted by Crippen LogP contribution is 2.19. The van der Waals surface area contributed by atoms with Crippen LogP contribution in [0, 0.1) is 5.92 Å². The molecule has 1 heteroatoms. The molecular formula is C8H13N. The second kappa shape index (κ2) is 2.81. The van der Waals surface area contributed by atoms with Crippen molar-refractivity contribution in [2.45, 2.75) is 26.7 Å². The summed E-state index contributed by atoms with van der Waals surface area (Å²) in [6.45, 7) is 4.38. The Morgan fingerprint density at radius 2 is 2.56 bits per heavy atom. The van der Waals surface area contributed by atoms with Crippen LogP contribution in [0.25, 0.3) is 0 Å². The van der Waals surface area contributed by atoms with E-state index in [1.807, 2.05) is 12.4 Å². The van der Waals surface area contributed by atoms with E-state index in [0.717, 1.165) is 12.3 Å². The highest BCUT2D eigenvalue weighted by Gasteiger charge is 2.08. The zero-order valence-electron chi connectivity index (χ0n) is 6.09. The van der Waals surface area contributed by atoms with Gasteiger partial charge in [-0.25, -0.2) is 0 Å². The Morgan fingerprint density at radius 3 is 3.00 bits per heavy atom. The number of hydrogen-bond donors (Lipinski definition) is 0. The monoisotopic (exact) mass is 123 g/mol. The molecule has 1 nitrogen and oxygen atoms in total. The summed E-state index contributed by atoms with van der Waals surface area (Å²) < 4.78 is 0. The molecule has 0 saturated heterocycles. The van der Waals surface area contributed by atoms with Gasteiger partial charge in [-0.05, 0) is 25.7 Å². The summed E-state index contributed by atoms with van der Waals surface area (Å²) in [4.78, 5) is 4.07. The Morgan fingerprint density at radius 1 is 1.78 bits per heavy atom. The first-order valence-corrected chi connectivity index (χ1v) is 3.53. The molecule has 1 atom stereocenters. The number of allylic oxidation sites excluding steroid dienone is 1. The van der Waals surface area contributed by atoms with Crippen molar-refractivity contribution < 1.29 is 0 Å². The molecule has 0 amide bonds.